The third-order valence-corrected chi connectivity index (χ3v) is 8.14. The van der Waals surface area contributed by atoms with E-state index in [9.17, 15) is 26.4 Å². The van der Waals surface area contributed by atoms with Crippen LogP contribution < -0.4 is 15.2 Å². The number of ether oxygens (including phenoxy) is 1. The highest BCUT2D eigenvalue weighted by Gasteiger charge is 2.44. The fourth-order valence-corrected chi connectivity index (χ4v) is 4.90. The molecule has 2 fully saturated rings. The molecule has 1 saturated carbocycles. The van der Waals surface area contributed by atoms with E-state index in [1.54, 1.807) is 4.90 Å². The van der Waals surface area contributed by atoms with E-state index < -0.39 is 44.5 Å². The van der Waals surface area contributed by atoms with E-state index in [1.807, 2.05) is 0 Å². The van der Waals surface area contributed by atoms with Gasteiger partial charge in [0.05, 0.1) is 25.2 Å². The lowest BCUT2D eigenvalue weighted by Gasteiger charge is -2.35. The molecule has 1 aliphatic carbocycles. The first-order chi connectivity index (χ1) is 15.7. The predicted molar refractivity (Wildman–Crippen MR) is 116 cm³/mol. The molecule has 0 atom stereocenters. The number of halogens is 4. The van der Waals surface area contributed by atoms with Crippen LogP contribution in [0.25, 0.3) is 5.69 Å². The van der Waals surface area contributed by atoms with Crippen molar-refractivity contribution in [2.24, 2.45) is 5.41 Å². The highest BCUT2D eigenvalue weighted by molar-refractivity contribution is 7.90. The van der Waals surface area contributed by atoms with Gasteiger partial charge in [0.1, 0.15) is 22.5 Å². The average Bonchev–Trinajstić information content (AvgIpc) is 3.58. The fraction of sp³-hybridized carbons (Fsp3) is 0.500. The smallest absolute Gasteiger partial charge is 0.316 e. The predicted octanol–water partition coefficient (Wildman–Crippen LogP) is 2.29. The maximum atomic E-state index is 13.7. The van der Waals surface area contributed by atoms with E-state index in [4.69, 9.17) is 16.3 Å². The van der Waals surface area contributed by atoms with Gasteiger partial charge in [-0.2, -0.15) is 14.1 Å². The van der Waals surface area contributed by atoms with Crippen molar-refractivity contribution in [2.45, 2.75) is 12.8 Å². The van der Waals surface area contributed by atoms with Gasteiger partial charge in [0, 0.05) is 37.7 Å². The van der Waals surface area contributed by atoms with Crippen molar-refractivity contribution in [3.63, 3.8) is 0 Å². The highest BCUT2D eigenvalue weighted by atomic mass is 35.5. The lowest BCUT2D eigenvalue weighted by Crippen LogP contribution is -2.49. The summed E-state index contributed by atoms with van der Waals surface area (Å²) in [4.78, 5) is 15.0. The number of anilines is 1. The van der Waals surface area contributed by atoms with E-state index in [1.165, 1.54) is 10.5 Å². The largest absolute Gasteiger partial charge is 0.486 e. The topological polar surface area (TPSA) is 84.7 Å². The monoisotopic (exact) mass is 506 g/mol. The minimum absolute atomic E-state index is 0.0339. The summed E-state index contributed by atoms with van der Waals surface area (Å²) in [6.45, 7) is 0.128. The van der Waals surface area contributed by atoms with Gasteiger partial charge in [-0.1, -0.05) is 0 Å². The SMILES string of the molecule is O=c1c(OCC2(CF)CC2)c(N2CCN(S(=O)(=O)CCl)CC2)cnn1-c1cc(F)cc(F)c1. The molecule has 2 aromatic rings. The molecule has 33 heavy (non-hydrogen) atoms. The maximum Gasteiger partial charge on any atom is 0.316 e. The lowest BCUT2D eigenvalue weighted by molar-refractivity contribution is 0.197. The van der Waals surface area contributed by atoms with Gasteiger partial charge in [0.15, 0.2) is 0 Å². The number of nitrogens with zero attached hydrogens (tertiary/aromatic N) is 4. The van der Waals surface area contributed by atoms with Crippen LogP contribution >= 0.6 is 11.6 Å². The van der Waals surface area contributed by atoms with Gasteiger partial charge in [-0.05, 0) is 25.0 Å². The summed E-state index contributed by atoms with van der Waals surface area (Å²) in [6.07, 6.45) is 2.57. The summed E-state index contributed by atoms with van der Waals surface area (Å²) < 4.78 is 72.7. The molecule has 4 rings (SSSR count). The van der Waals surface area contributed by atoms with Gasteiger partial charge in [-0.15, -0.1) is 11.6 Å². The second kappa shape index (κ2) is 9.15. The molecule has 180 valence electrons. The fourth-order valence-electron chi connectivity index (χ4n) is 3.63. The Labute approximate surface area is 193 Å². The summed E-state index contributed by atoms with van der Waals surface area (Å²) in [5.74, 6) is -1.89. The molecular formula is C20H22ClF3N4O4S. The number of sulfonamides is 1. The van der Waals surface area contributed by atoms with Crippen LogP contribution in [0, 0.1) is 17.0 Å². The second-order valence-electron chi connectivity index (χ2n) is 8.23. The Morgan fingerprint density at radius 2 is 1.73 bits per heavy atom. The number of hydrogen-bond acceptors (Lipinski definition) is 6. The normalized spacial score (nSPS) is 18.4. The van der Waals surface area contributed by atoms with Crippen LogP contribution in [0.5, 0.6) is 5.75 Å². The Balaban J connectivity index is 1.68. The van der Waals surface area contributed by atoms with Crippen molar-refractivity contribution in [3.05, 3.63) is 46.4 Å². The molecule has 13 heteroatoms. The Hall–Kier alpha value is -2.31. The molecule has 2 aliphatic rings. The molecule has 0 N–H and O–H groups in total. The van der Waals surface area contributed by atoms with Crippen molar-refractivity contribution in [3.8, 4) is 11.4 Å². The van der Waals surface area contributed by atoms with Gasteiger partial charge >= 0.3 is 5.56 Å². The zero-order valence-corrected chi connectivity index (χ0v) is 19.1. The summed E-state index contributed by atoms with van der Waals surface area (Å²) >= 11 is 5.53. The molecule has 1 aliphatic heterocycles. The molecule has 0 unspecified atom stereocenters. The molecule has 2 heterocycles. The molecule has 1 aromatic heterocycles. The average molecular weight is 507 g/mol. The van der Waals surface area contributed by atoms with Crippen LogP contribution in [-0.4, -0.2) is 67.2 Å². The molecule has 8 nitrogen and oxygen atoms in total. The number of hydrogen-bond donors (Lipinski definition) is 0. The summed E-state index contributed by atoms with van der Waals surface area (Å²) in [7, 11) is -3.57. The van der Waals surface area contributed by atoms with Crippen LogP contribution in [0.3, 0.4) is 0 Å². The van der Waals surface area contributed by atoms with Gasteiger partial charge in [0.25, 0.3) is 0 Å². The van der Waals surface area contributed by atoms with Gasteiger partial charge < -0.3 is 9.64 Å². The summed E-state index contributed by atoms with van der Waals surface area (Å²) in [5.41, 5.74) is -1.23. The van der Waals surface area contributed by atoms with Crippen LogP contribution in [0.2, 0.25) is 0 Å². The summed E-state index contributed by atoms with van der Waals surface area (Å²) in [6, 6.07) is 2.59. The first-order valence-electron chi connectivity index (χ1n) is 10.2. The van der Waals surface area contributed by atoms with Crippen molar-refractivity contribution < 1.29 is 26.3 Å². The third-order valence-electron chi connectivity index (χ3n) is 5.88. The first kappa shape index (κ1) is 23.8. The molecule has 0 radical (unpaired) electrons. The number of piperazine rings is 1. The van der Waals surface area contributed by atoms with Crippen molar-refractivity contribution in [2.75, 3.05) is 49.6 Å². The number of benzene rings is 1. The van der Waals surface area contributed by atoms with E-state index in [-0.39, 0.29) is 44.2 Å². The minimum Gasteiger partial charge on any atom is -0.486 e. The lowest BCUT2D eigenvalue weighted by atomic mass is 10.1. The van der Waals surface area contributed by atoms with Crippen molar-refractivity contribution in [1.82, 2.24) is 14.1 Å². The molecule has 0 spiro atoms. The van der Waals surface area contributed by atoms with E-state index in [0.717, 1.165) is 16.8 Å². The highest BCUT2D eigenvalue weighted by Crippen LogP contribution is 2.46. The second-order valence-corrected chi connectivity index (χ2v) is 10.8. The Kier molecular flexibility index (Phi) is 6.61. The maximum absolute atomic E-state index is 13.7. The van der Waals surface area contributed by atoms with E-state index in [0.29, 0.717) is 24.6 Å². The summed E-state index contributed by atoms with van der Waals surface area (Å²) in [5, 5.41) is 3.52. The van der Waals surface area contributed by atoms with Crippen LogP contribution in [-0.2, 0) is 10.0 Å². The molecule has 0 bridgehead atoms. The number of alkyl halides is 2. The van der Waals surface area contributed by atoms with Gasteiger partial charge in [0.2, 0.25) is 15.8 Å². The van der Waals surface area contributed by atoms with E-state index in [2.05, 4.69) is 5.10 Å². The Morgan fingerprint density at radius 1 is 1.09 bits per heavy atom. The third kappa shape index (κ3) is 4.97. The number of aromatic nitrogens is 2. The van der Waals surface area contributed by atoms with Crippen LogP contribution in [0.1, 0.15) is 12.8 Å². The standard InChI is InChI=1S/C20H22ClF3N4O4S/c21-13-33(30,31)27-5-3-26(4-6-27)17-10-25-28(16-8-14(23)7-15(24)9-16)19(29)18(17)32-12-20(11-22)1-2-20/h7-10H,1-6,11-13H2. The molecule has 1 aromatic carbocycles. The quantitative estimate of drug-likeness (QED) is 0.511. The van der Waals surface area contributed by atoms with Crippen LogP contribution in [0.4, 0.5) is 18.9 Å². The zero-order chi connectivity index (χ0) is 23.8. The Morgan fingerprint density at radius 3 is 2.27 bits per heavy atom. The molecular weight excluding hydrogens is 485 g/mol. The van der Waals surface area contributed by atoms with E-state index >= 15 is 0 Å². The number of rotatable bonds is 8. The minimum atomic E-state index is -3.57. The first-order valence-corrected chi connectivity index (χ1v) is 12.4. The van der Waals surface area contributed by atoms with Gasteiger partial charge in [-0.25, -0.2) is 17.2 Å². The van der Waals surface area contributed by atoms with Gasteiger partial charge in [-0.3, -0.25) is 9.18 Å². The molecule has 0 amide bonds. The van der Waals surface area contributed by atoms with Crippen molar-refractivity contribution in [1.29, 1.82) is 0 Å². The molecule has 1 saturated heterocycles. The van der Waals surface area contributed by atoms with Crippen LogP contribution in [0.15, 0.2) is 29.2 Å². The Bertz CT molecular complexity index is 1180. The zero-order valence-electron chi connectivity index (χ0n) is 17.5. The van der Waals surface area contributed by atoms with Crippen molar-refractivity contribution >= 4 is 27.3 Å².